The van der Waals surface area contributed by atoms with E-state index in [1.807, 2.05) is 18.9 Å². The third-order valence-electron chi connectivity index (χ3n) is 4.05. The zero-order chi connectivity index (χ0) is 15.5. The van der Waals surface area contributed by atoms with Gasteiger partial charge in [0.2, 0.25) is 0 Å². The van der Waals surface area contributed by atoms with Gasteiger partial charge in [0, 0.05) is 18.7 Å². The number of hydrogen-bond acceptors (Lipinski definition) is 4. The molecule has 0 amide bonds. The molecule has 1 aromatic rings. The van der Waals surface area contributed by atoms with Crippen LogP contribution in [-0.4, -0.2) is 37.2 Å². The minimum Gasteiger partial charge on any atom is -0.396 e. The van der Waals surface area contributed by atoms with Crippen LogP contribution in [0.2, 0.25) is 0 Å². The summed E-state index contributed by atoms with van der Waals surface area (Å²) in [6, 6.07) is 7.08. The molecule has 0 aromatic heterocycles. The van der Waals surface area contributed by atoms with E-state index in [4.69, 9.17) is 5.11 Å². The third-order valence-corrected chi connectivity index (χ3v) is 5.40. The molecule has 1 fully saturated rings. The first kappa shape index (κ1) is 16.4. The van der Waals surface area contributed by atoms with Crippen LogP contribution in [-0.2, 0) is 16.4 Å². The summed E-state index contributed by atoms with van der Waals surface area (Å²) in [5.41, 5.74) is 0.927. The van der Waals surface area contributed by atoms with Crippen molar-refractivity contribution in [1.82, 2.24) is 9.84 Å². The lowest BCUT2D eigenvalue weighted by Gasteiger charge is -2.38. The predicted molar refractivity (Wildman–Crippen MR) is 82.2 cm³/mol. The van der Waals surface area contributed by atoms with E-state index < -0.39 is 10.0 Å². The topological polar surface area (TPSA) is 69.6 Å². The molecule has 0 spiro atoms. The van der Waals surface area contributed by atoms with E-state index in [9.17, 15) is 8.42 Å². The molecule has 1 aliphatic heterocycles. The number of nitrogens with one attached hydrogen (secondary N) is 1. The second-order valence-electron chi connectivity index (χ2n) is 5.75. The van der Waals surface area contributed by atoms with E-state index >= 15 is 0 Å². The zero-order valence-corrected chi connectivity index (χ0v) is 13.4. The highest BCUT2D eigenvalue weighted by molar-refractivity contribution is 7.89. The van der Waals surface area contributed by atoms with Crippen LogP contribution in [0.25, 0.3) is 0 Å². The lowest BCUT2D eigenvalue weighted by Crippen LogP contribution is -2.53. The van der Waals surface area contributed by atoms with Gasteiger partial charge >= 0.3 is 0 Å². The van der Waals surface area contributed by atoms with Crippen molar-refractivity contribution in [2.24, 2.45) is 0 Å². The van der Waals surface area contributed by atoms with E-state index in [2.05, 4.69) is 4.83 Å². The fourth-order valence-electron chi connectivity index (χ4n) is 2.76. The first-order valence-corrected chi connectivity index (χ1v) is 8.93. The molecule has 2 rings (SSSR count). The van der Waals surface area contributed by atoms with E-state index in [0.29, 0.717) is 6.42 Å². The molecule has 0 aliphatic carbocycles. The van der Waals surface area contributed by atoms with Crippen LogP contribution in [0.5, 0.6) is 0 Å². The van der Waals surface area contributed by atoms with Crippen LogP contribution >= 0.6 is 0 Å². The predicted octanol–water partition coefficient (Wildman–Crippen LogP) is 1.68. The number of hydrazine groups is 1. The maximum absolute atomic E-state index is 12.5. The average Bonchev–Trinajstić information content (AvgIpc) is 2.44. The molecule has 2 unspecified atom stereocenters. The number of rotatable bonds is 5. The van der Waals surface area contributed by atoms with Crippen LogP contribution in [0.1, 0.15) is 38.7 Å². The molecule has 1 aromatic carbocycles. The van der Waals surface area contributed by atoms with Gasteiger partial charge in [-0.05, 0) is 50.8 Å². The molecule has 1 saturated heterocycles. The Hall–Kier alpha value is -0.950. The van der Waals surface area contributed by atoms with Gasteiger partial charge in [0.05, 0.1) is 4.90 Å². The van der Waals surface area contributed by atoms with Gasteiger partial charge in [0.1, 0.15) is 0 Å². The number of aliphatic hydroxyl groups excluding tert-OH is 1. The van der Waals surface area contributed by atoms with E-state index in [1.165, 1.54) is 0 Å². The first-order chi connectivity index (χ1) is 9.94. The summed E-state index contributed by atoms with van der Waals surface area (Å²) in [4.78, 5) is 2.98. The highest BCUT2D eigenvalue weighted by Crippen LogP contribution is 2.22. The largest absolute Gasteiger partial charge is 0.396 e. The fourth-order valence-corrected chi connectivity index (χ4v) is 3.99. The molecular formula is C15H24N2O3S. The number of sulfonamides is 1. The number of benzene rings is 1. The summed E-state index contributed by atoms with van der Waals surface area (Å²) in [6.07, 6.45) is 3.68. The maximum atomic E-state index is 12.5. The quantitative estimate of drug-likeness (QED) is 0.868. The lowest BCUT2D eigenvalue weighted by atomic mass is 10.0. The Bertz CT molecular complexity index is 547. The summed E-state index contributed by atoms with van der Waals surface area (Å²) in [6.45, 7) is 4.15. The van der Waals surface area contributed by atoms with Gasteiger partial charge in [-0.2, -0.15) is 0 Å². The maximum Gasteiger partial charge on any atom is 0.253 e. The second-order valence-corrected chi connectivity index (χ2v) is 7.41. The van der Waals surface area contributed by atoms with Crippen molar-refractivity contribution >= 4 is 10.0 Å². The van der Waals surface area contributed by atoms with Gasteiger partial charge in [0.25, 0.3) is 10.0 Å². The van der Waals surface area contributed by atoms with Crippen molar-refractivity contribution < 1.29 is 13.5 Å². The molecule has 2 atom stereocenters. The van der Waals surface area contributed by atoms with Gasteiger partial charge in [-0.15, -0.1) is 4.83 Å². The number of piperidine rings is 1. The van der Waals surface area contributed by atoms with Crippen molar-refractivity contribution in [3.05, 3.63) is 29.8 Å². The summed E-state index contributed by atoms with van der Waals surface area (Å²) < 4.78 is 24.9. The van der Waals surface area contributed by atoms with Crippen molar-refractivity contribution in [3.63, 3.8) is 0 Å². The highest BCUT2D eigenvalue weighted by atomic mass is 32.2. The normalized spacial score (nSPS) is 24.1. The molecule has 118 valence electrons. The number of aliphatic hydroxyl groups is 1. The van der Waals surface area contributed by atoms with Gasteiger partial charge in [-0.1, -0.05) is 18.6 Å². The molecule has 0 radical (unpaired) electrons. The Balaban J connectivity index is 2.13. The molecule has 21 heavy (non-hydrogen) atoms. The van der Waals surface area contributed by atoms with Gasteiger partial charge in [0.15, 0.2) is 0 Å². The Morgan fingerprint density at radius 3 is 2.29 bits per heavy atom. The Labute approximate surface area is 127 Å². The monoisotopic (exact) mass is 312 g/mol. The molecule has 5 nitrogen and oxygen atoms in total. The summed E-state index contributed by atoms with van der Waals surface area (Å²) in [5, 5.41) is 10.7. The lowest BCUT2D eigenvalue weighted by molar-refractivity contribution is 0.0790. The second kappa shape index (κ2) is 6.87. The van der Waals surface area contributed by atoms with Crippen LogP contribution in [0.4, 0.5) is 0 Å². The Kier molecular flexibility index (Phi) is 5.37. The molecule has 2 N–H and O–H groups in total. The minimum absolute atomic E-state index is 0.0627. The summed E-state index contributed by atoms with van der Waals surface area (Å²) in [5.74, 6) is 0. The van der Waals surface area contributed by atoms with Gasteiger partial charge in [-0.25, -0.2) is 13.4 Å². The molecule has 1 aliphatic rings. The van der Waals surface area contributed by atoms with Crippen molar-refractivity contribution in [1.29, 1.82) is 0 Å². The Morgan fingerprint density at radius 1 is 1.19 bits per heavy atom. The third kappa shape index (κ3) is 4.03. The molecule has 0 bridgehead atoms. The van der Waals surface area contributed by atoms with Crippen LogP contribution in [0.15, 0.2) is 29.2 Å². The van der Waals surface area contributed by atoms with Crippen LogP contribution < -0.4 is 4.83 Å². The molecule has 1 heterocycles. The molecule has 6 heteroatoms. The fraction of sp³-hybridized carbons (Fsp3) is 0.600. The smallest absolute Gasteiger partial charge is 0.253 e. The number of nitrogens with zero attached hydrogens (tertiary/aromatic N) is 1. The highest BCUT2D eigenvalue weighted by Gasteiger charge is 2.29. The van der Waals surface area contributed by atoms with Crippen molar-refractivity contribution in [3.8, 4) is 0 Å². The summed E-state index contributed by atoms with van der Waals surface area (Å²) in [7, 11) is -3.54. The van der Waals surface area contributed by atoms with Crippen LogP contribution in [0, 0.1) is 0 Å². The molecule has 0 saturated carbocycles. The standard InChI is InChI=1S/C15H24N2O3S/c1-12-4-3-5-13(2)17(12)16-21(19,20)15-8-6-14(7-9-15)10-11-18/h6-9,12-13,16,18H,3-5,10-11H2,1-2H3. The minimum atomic E-state index is -3.54. The van der Waals surface area contributed by atoms with Crippen molar-refractivity contribution in [2.45, 2.75) is 56.5 Å². The zero-order valence-electron chi connectivity index (χ0n) is 12.6. The van der Waals surface area contributed by atoms with E-state index in [1.54, 1.807) is 24.3 Å². The summed E-state index contributed by atoms with van der Waals surface area (Å²) >= 11 is 0. The van der Waals surface area contributed by atoms with Gasteiger partial charge < -0.3 is 5.11 Å². The molecular weight excluding hydrogens is 288 g/mol. The van der Waals surface area contributed by atoms with Crippen LogP contribution in [0.3, 0.4) is 0 Å². The van der Waals surface area contributed by atoms with E-state index in [0.717, 1.165) is 24.8 Å². The van der Waals surface area contributed by atoms with E-state index in [-0.39, 0.29) is 23.6 Å². The average molecular weight is 312 g/mol. The SMILES string of the molecule is CC1CCCC(C)N1NS(=O)(=O)c1ccc(CCO)cc1. The number of hydrogen-bond donors (Lipinski definition) is 2. The van der Waals surface area contributed by atoms with Gasteiger partial charge in [-0.3, -0.25) is 0 Å². The first-order valence-electron chi connectivity index (χ1n) is 7.44. The Morgan fingerprint density at radius 2 is 1.76 bits per heavy atom. The van der Waals surface area contributed by atoms with Crippen molar-refractivity contribution in [2.75, 3.05) is 6.61 Å².